The Morgan fingerprint density at radius 1 is 1.37 bits per heavy atom. The zero-order valence-electron chi connectivity index (χ0n) is 12.6. The fraction of sp³-hybridized carbons (Fsp3) is 0.562. The molecule has 0 aliphatic heterocycles. The lowest BCUT2D eigenvalue weighted by molar-refractivity contribution is -0.107. The summed E-state index contributed by atoms with van der Waals surface area (Å²) in [6.07, 6.45) is 0.884. The molecule has 0 radical (unpaired) electrons. The van der Waals surface area contributed by atoms with Crippen molar-refractivity contribution < 1.29 is 9.53 Å². The molecule has 0 aliphatic carbocycles. The van der Waals surface area contributed by atoms with Crippen LogP contribution in [0.2, 0.25) is 0 Å². The first-order valence-corrected chi connectivity index (χ1v) is 6.75. The summed E-state index contributed by atoms with van der Waals surface area (Å²) in [5.74, 6) is 1.41. The van der Waals surface area contributed by atoms with Gasteiger partial charge >= 0.3 is 0 Å². The molecule has 0 bridgehead atoms. The van der Waals surface area contributed by atoms with E-state index in [2.05, 4.69) is 51.2 Å². The Hall–Kier alpha value is -1.35. The van der Waals surface area contributed by atoms with E-state index in [9.17, 15) is 4.79 Å². The summed E-state index contributed by atoms with van der Waals surface area (Å²) in [5.41, 5.74) is 2.36. The van der Waals surface area contributed by atoms with Crippen LogP contribution in [0.5, 0.6) is 5.75 Å². The van der Waals surface area contributed by atoms with E-state index in [0.29, 0.717) is 12.5 Å². The van der Waals surface area contributed by atoms with E-state index in [0.717, 1.165) is 24.1 Å². The third kappa shape index (κ3) is 4.06. The van der Waals surface area contributed by atoms with Crippen molar-refractivity contribution >= 4 is 6.29 Å². The lowest BCUT2D eigenvalue weighted by Gasteiger charge is -2.28. The number of carbonyl (C=O) groups is 1. The van der Waals surface area contributed by atoms with E-state index in [1.54, 1.807) is 7.11 Å². The minimum absolute atomic E-state index is 0.0795. The van der Waals surface area contributed by atoms with Crippen LogP contribution in [0.15, 0.2) is 18.2 Å². The normalized spacial score (nSPS) is 11.7. The first-order chi connectivity index (χ1) is 8.92. The van der Waals surface area contributed by atoms with E-state index in [4.69, 9.17) is 4.74 Å². The van der Waals surface area contributed by atoms with Gasteiger partial charge in [-0.25, -0.2) is 0 Å². The Balaban J connectivity index is 3.01. The number of aldehydes is 1. The first kappa shape index (κ1) is 15.7. The van der Waals surface area contributed by atoms with Crippen LogP contribution in [0.3, 0.4) is 0 Å². The molecule has 0 saturated carbocycles. The van der Waals surface area contributed by atoms with Crippen LogP contribution in [-0.4, -0.2) is 26.5 Å². The Kier molecular flexibility index (Phi) is 5.55. The maximum absolute atomic E-state index is 10.4. The predicted octanol–water partition coefficient (Wildman–Crippen LogP) is 2.88. The maximum atomic E-state index is 10.4. The summed E-state index contributed by atoms with van der Waals surface area (Å²) >= 11 is 0. The second-order valence-electron chi connectivity index (χ2n) is 5.80. The molecule has 1 rings (SSSR count). The molecule has 0 spiro atoms. The van der Waals surface area contributed by atoms with Crippen LogP contribution in [0.4, 0.5) is 0 Å². The minimum Gasteiger partial charge on any atom is -0.496 e. The van der Waals surface area contributed by atoms with Crippen molar-refractivity contribution in [1.29, 1.82) is 0 Å². The molecule has 0 saturated heterocycles. The molecule has 3 heteroatoms. The summed E-state index contributed by atoms with van der Waals surface area (Å²) in [7, 11) is 1.71. The standard InChI is InChI=1S/C16H25NO2/c1-12(2)13-6-7-14(15(10-13)19-5)16(3,4)11-17-8-9-18/h6-7,9-10,12,17H,8,11H2,1-5H3. The second kappa shape index (κ2) is 6.71. The molecule has 3 nitrogen and oxygen atoms in total. The molecule has 0 unspecified atom stereocenters. The SMILES string of the molecule is COc1cc(C(C)C)ccc1C(C)(C)CNCC=O. The molecule has 1 aromatic carbocycles. The average molecular weight is 263 g/mol. The van der Waals surface area contributed by atoms with Gasteiger partial charge in [0.05, 0.1) is 13.7 Å². The largest absolute Gasteiger partial charge is 0.496 e. The van der Waals surface area contributed by atoms with Gasteiger partial charge < -0.3 is 14.8 Å². The third-order valence-electron chi connectivity index (χ3n) is 3.42. The van der Waals surface area contributed by atoms with E-state index < -0.39 is 0 Å². The lowest BCUT2D eigenvalue weighted by atomic mass is 9.82. The van der Waals surface area contributed by atoms with Gasteiger partial charge in [-0.2, -0.15) is 0 Å². The lowest BCUT2D eigenvalue weighted by Crippen LogP contribution is -2.34. The van der Waals surface area contributed by atoms with Crippen molar-refractivity contribution in [3.63, 3.8) is 0 Å². The molecule has 0 amide bonds. The third-order valence-corrected chi connectivity index (χ3v) is 3.42. The van der Waals surface area contributed by atoms with Crippen LogP contribution in [0, 0.1) is 0 Å². The summed E-state index contributed by atoms with van der Waals surface area (Å²) in [6.45, 7) is 9.77. The number of benzene rings is 1. The van der Waals surface area contributed by atoms with Crippen LogP contribution < -0.4 is 10.1 Å². The van der Waals surface area contributed by atoms with Gasteiger partial charge in [0, 0.05) is 17.5 Å². The molecule has 1 N–H and O–H groups in total. The van der Waals surface area contributed by atoms with Crippen molar-refractivity contribution in [2.45, 2.75) is 39.0 Å². The van der Waals surface area contributed by atoms with E-state index in [1.807, 2.05) is 0 Å². The highest BCUT2D eigenvalue weighted by atomic mass is 16.5. The van der Waals surface area contributed by atoms with Crippen molar-refractivity contribution in [3.05, 3.63) is 29.3 Å². The molecule has 0 heterocycles. The average Bonchev–Trinajstić information content (AvgIpc) is 2.38. The summed E-state index contributed by atoms with van der Waals surface area (Å²) in [5, 5.41) is 3.14. The fourth-order valence-electron chi connectivity index (χ4n) is 2.16. The summed E-state index contributed by atoms with van der Waals surface area (Å²) in [4.78, 5) is 10.4. The van der Waals surface area contributed by atoms with Gasteiger partial charge in [0.2, 0.25) is 0 Å². The molecule has 0 fully saturated rings. The number of carbonyl (C=O) groups excluding carboxylic acids is 1. The molecule has 0 atom stereocenters. The van der Waals surface area contributed by atoms with E-state index in [-0.39, 0.29) is 5.41 Å². The maximum Gasteiger partial charge on any atom is 0.133 e. The summed E-state index contributed by atoms with van der Waals surface area (Å²) < 4.78 is 5.53. The quantitative estimate of drug-likeness (QED) is 0.607. The predicted molar refractivity (Wildman–Crippen MR) is 79.0 cm³/mol. The zero-order chi connectivity index (χ0) is 14.5. The Morgan fingerprint density at radius 3 is 2.58 bits per heavy atom. The van der Waals surface area contributed by atoms with Gasteiger partial charge in [-0.1, -0.05) is 39.8 Å². The van der Waals surface area contributed by atoms with Crippen molar-refractivity contribution in [1.82, 2.24) is 5.32 Å². The molecule has 106 valence electrons. The Bertz CT molecular complexity index is 425. The van der Waals surface area contributed by atoms with E-state index in [1.165, 1.54) is 5.56 Å². The highest BCUT2D eigenvalue weighted by Crippen LogP contribution is 2.33. The molecule has 1 aromatic rings. The molecule has 0 aromatic heterocycles. The number of methoxy groups -OCH3 is 1. The number of ether oxygens (including phenoxy) is 1. The monoisotopic (exact) mass is 263 g/mol. The number of hydrogen-bond donors (Lipinski definition) is 1. The van der Waals surface area contributed by atoms with E-state index >= 15 is 0 Å². The van der Waals surface area contributed by atoms with Gasteiger partial charge in [-0.05, 0) is 17.5 Å². The minimum atomic E-state index is -0.0795. The molecular formula is C16H25NO2. The second-order valence-corrected chi connectivity index (χ2v) is 5.80. The van der Waals surface area contributed by atoms with Crippen LogP contribution in [0.1, 0.15) is 44.7 Å². The van der Waals surface area contributed by atoms with Crippen LogP contribution in [-0.2, 0) is 10.2 Å². The number of hydrogen-bond acceptors (Lipinski definition) is 3. The zero-order valence-corrected chi connectivity index (χ0v) is 12.6. The van der Waals surface area contributed by atoms with Gasteiger partial charge in [-0.3, -0.25) is 0 Å². The first-order valence-electron chi connectivity index (χ1n) is 6.75. The van der Waals surface area contributed by atoms with Crippen LogP contribution in [0.25, 0.3) is 0 Å². The Labute approximate surface area is 116 Å². The highest BCUT2D eigenvalue weighted by molar-refractivity contribution is 5.52. The summed E-state index contributed by atoms with van der Waals surface area (Å²) in [6, 6.07) is 6.40. The van der Waals surface area contributed by atoms with Gasteiger partial charge in [0.1, 0.15) is 12.0 Å². The van der Waals surface area contributed by atoms with Gasteiger partial charge in [-0.15, -0.1) is 0 Å². The Morgan fingerprint density at radius 2 is 2.05 bits per heavy atom. The van der Waals surface area contributed by atoms with Crippen molar-refractivity contribution in [3.8, 4) is 5.75 Å². The van der Waals surface area contributed by atoms with Gasteiger partial charge in [0.25, 0.3) is 0 Å². The topological polar surface area (TPSA) is 38.3 Å². The fourth-order valence-corrected chi connectivity index (χ4v) is 2.16. The number of nitrogens with one attached hydrogen (secondary N) is 1. The highest BCUT2D eigenvalue weighted by Gasteiger charge is 2.24. The smallest absolute Gasteiger partial charge is 0.133 e. The van der Waals surface area contributed by atoms with Crippen molar-refractivity contribution in [2.24, 2.45) is 0 Å². The van der Waals surface area contributed by atoms with Crippen molar-refractivity contribution in [2.75, 3.05) is 20.2 Å². The van der Waals surface area contributed by atoms with Crippen LogP contribution >= 0.6 is 0 Å². The molecule has 19 heavy (non-hydrogen) atoms. The van der Waals surface area contributed by atoms with Gasteiger partial charge in [0.15, 0.2) is 0 Å². The number of rotatable bonds is 7. The molecule has 0 aliphatic rings. The molecular weight excluding hydrogens is 238 g/mol.